The second kappa shape index (κ2) is 8.10. The number of amides is 1. The molecule has 1 aromatic carbocycles. The number of carbonyl (C=O) groups is 1. The van der Waals surface area contributed by atoms with Gasteiger partial charge in [-0.2, -0.15) is 18.2 Å². The monoisotopic (exact) mass is 469 g/mol. The molecule has 2 aromatic heterocycles. The van der Waals surface area contributed by atoms with Gasteiger partial charge in [0, 0.05) is 35.9 Å². The normalized spacial score (nSPS) is 11.8. The third-order valence-electron chi connectivity index (χ3n) is 4.68. The molecular weight excluding hydrogens is 451 g/mol. The first-order valence-electron chi connectivity index (χ1n) is 8.85. The zero-order chi connectivity index (χ0) is 21.3. The number of carbonyl (C=O) groups excluding carboxylic acids is 1. The number of benzene rings is 1. The van der Waals surface area contributed by atoms with Crippen molar-refractivity contribution >= 4 is 27.6 Å². The molecule has 0 saturated carbocycles. The van der Waals surface area contributed by atoms with E-state index in [2.05, 4.69) is 31.0 Å². The molecule has 29 heavy (non-hydrogen) atoms. The Hall–Kier alpha value is -2.49. The Bertz CT molecular complexity index is 1060. The molecule has 0 aliphatic carbocycles. The number of aryl methyl sites for hydroxylation is 2. The van der Waals surface area contributed by atoms with Gasteiger partial charge in [0.1, 0.15) is 0 Å². The molecule has 0 bridgehead atoms. The number of nitrogens with zero attached hydrogens (tertiary/aromatic N) is 5. The largest absolute Gasteiger partial charge is 0.453 e. The average molecular weight is 470 g/mol. The van der Waals surface area contributed by atoms with Gasteiger partial charge in [0.2, 0.25) is 5.91 Å². The summed E-state index contributed by atoms with van der Waals surface area (Å²) in [6, 6.07) is 7.65. The number of aromatic nitrogens is 4. The van der Waals surface area contributed by atoms with Gasteiger partial charge >= 0.3 is 6.18 Å². The molecule has 154 valence electrons. The van der Waals surface area contributed by atoms with E-state index < -0.39 is 12.0 Å². The van der Waals surface area contributed by atoms with Crippen molar-refractivity contribution < 1.29 is 18.0 Å². The van der Waals surface area contributed by atoms with E-state index in [9.17, 15) is 18.0 Å². The van der Waals surface area contributed by atoms with E-state index in [0.717, 1.165) is 14.6 Å². The summed E-state index contributed by atoms with van der Waals surface area (Å²) in [6.45, 7) is 3.80. The third-order valence-corrected chi connectivity index (χ3v) is 5.46. The summed E-state index contributed by atoms with van der Waals surface area (Å²) >= 11 is 3.47. The fraction of sp³-hybridized carbons (Fsp3) is 0.368. The molecule has 0 N–H and O–H groups in total. The quantitative estimate of drug-likeness (QED) is 0.563. The predicted molar refractivity (Wildman–Crippen MR) is 104 cm³/mol. The van der Waals surface area contributed by atoms with Crippen molar-refractivity contribution in [1.82, 2.24) is 24.5 Å². The molecule has 1 amide bonds. The fourth-order valence-electron chi connectivity index (χ4n) is 3.08. The lowest BCUT2D eigenvalue weighted by atomic mass is 10.1. The van der Waals surface area contributed by atoms with Crippen LogP contribution in [0.2, 0.25) is 0 Å². The van der Waals surface area contributed by atoms with Crippen LogP contribution in [0.3, 0.4) is 0 Å². The van der Waals surface area contributed by atoms with Gasteiger partial charge in [-0.25, -0.2) is 9.50 Å². The van der Waals surface area contributed by atoms with Crippen LogP contribution in [0.4, 0.5) is 13.2 Å². The molecule has 3 rings (SSSR count). The topological polar surface area (TPSA) is 63.4 Å². The van der Waals surface area contributed by atoms with Crippen LogP contribution in [-0.2, 0) is 23.9 Å². The van der Waals surface area contributed by atoms with Crippen molar-refractivity contribution in [2.75, 3.05) is 7.05 Å². The van der Waals surface area contributed by atoms with Crippen molar-refractivity contribution in [2.45, 2.75) is 39.4 Å². The van der Waals surface area contributed by atoms with Crippen molar-refractivity contribution in [3.63, 3.8) is 0 Å². The Morgan fingerprint density at radius 3 is 2.55 bits per heavy atom. The van der Waals surface area contributed by atoms with E-state index >= 15 is 0 Å². The van der Waals surface area contributed by atoms with Crippen LogP contribution in [0.25, 0.3) is 5.78 Å². The van der Waals surface area contributed by atoms with E-state index in [1.165, 1.54) is 0 Å². The van der Waals surface area contributed by atoms with E-state index in [-0.39, 0.29) is 18.1 Å². The first-order valence-corrected chi connectivity index (χ1v) is 9.64. The van der Waals surface area contributed by atoms with E-state index in [4.69, 9.17) is 0 Å². The van der Waals surface area contributed by atoms with Crippen molar-refractivity contribution in [2.24, 2.45) is 0 Å². The molecule has 0 radical (unpaired) electrons. The zero-order valence-corrected chi connectivity index (χ0v) is 17.7. The first-order chi connectivity index (χ1) is 13.6. The fourth-order valence-corrected chi connectivity index (χ4v) is 3.49. The highest BCUT2D eigenvalue weighted by molar-refractivity contribution is 9.10. The average Bonchev–Trinajstić information content (AvgIpc) is 3.07. The van der Waals surface area contributed by atoms with Crippen LogP contribution >= 0.6 is 15.9 Å². The van der Waals surface area contributed by atoms with Crippen LogP contribution < -0.4 is 0 Å². The Balaban J connectivity index is 1.76. The van der Waals surface area contributed by atoms with Crippen LogP contribution in [0.1, 0.15) is 34.8 Å². The SMILES string of the molecule is Cc1nc2nc(C(F)(F)F)nn2c(C)c1CCC(=O)N(C)Cc1ccccc1Br. The molecule has 10 heteroatoms. The van der Waals surface area contributed by atoms with Crippen LogP contribution in [0.5, 0.6) is 0 Å². The number of hydrogen-bond donors (Lipinski definition) is 0. The van der Waals surface area contributed by atoms with Gasteiger partial charge in [0.15, 0.2) is 0 Å². The molecule has 0 saturated heterocycles. The van der Waals surface area contributed by atoms with Crippen LogP contribution in [0, 0.1) is 13.8 Å². The second-order valence-corrected chi connectivity index (χ2v) is 7.60. The first kappa shape index (κ1) is 21.2. The molecule has 0 unspecified atom stereocenters. The Morgan fingerprint density at radius 1 is 1.21 bits per heavy atom. The lowest BCUT2D eigenvalue weighted by Gasteiger charge is -2.19. The minimum atomic E-state index is -4.64. The van der Waals surface area contributed by atoms with E-state index in [0.29, 0.717) is 29.9 Å². The lowest BCUT2D eigenvalue weighted by molar-refractivity contribution is -0.144. The summed E-state index contributed by atoms with van der Waals surface area (Å²) in [7, 11) is 1.72. The Morgan fingerprint density at radius 2 is 1.90 bits per heavy atom. The molecule has 0 spiro atoms. The van der Waals surface area contributed by atoms with Crippen molar-refractivity contribution in [1.29, 1.82) is 0 Å². The second-order valence-electron chi connectivity index (χ2n) is 6.75. The highest BCUT2D eigenvalue weighted by atomic mass is 79.9. The number of fused-ring (bicyclic) bond motifs is 1. The molecule has 0 atom stereocenters. The third kappa shape index (κ3) is 4.58. The Labute approximate surface area is 173 Å². The summed E-state index contributed by atoms with van der Waals surface area (Å²) in [4.78, 5) is 21.8. The van der Waals surface area contributed by atoms with Gasteiger partial charge in [-0.15, -0.1) is 5.10 Å². The number of alkyl halides is 3. The van der Waals surface area contributed by atoms with Gasteiger partial charge < -0.3 is 4.90 Å². The maximum absolute atomic E-state index is 12.9. The molecule has 6 nitrogen and oxygen atoms in total. The smallest absolute Gasteiger partial charge is 0.341 e. The van der Waals surface area contributed by atoms with Crippen LogP contribution in [-0.4, -0.2) is 37.4 Å². The predicted octanol–water partition coefficient (Wildman–Crippen LogP) is 4.11. The van der Waals surface area contributed by atoms with E-state index in [1.807, 2.05) is 24.3 Å². The summed E-state index contributed by atoms with van der Waals surface area (Å²) in [5.41, 5.74) is 2.72. The summed E-state index contributed by atoms with van der Waals surface area (Å²) in [5, 5.41) is 3.53. The standard InChI is InChI=1S/C19H19BrF3N5O/c1-11-14(12(2)28-18(24-11)25-17(26-28)19(21,22)23)8-9-16(29)27(3)10-13-6-4-5-7-15(13)20/h4-7H,8-10H2,1-3H3. The molecule has 0 aliphatic heterocycles. The number of hydrogen-bond acceptors (Lipinski definition) is 4. The zero-order valence-electron chi connectivity index (χ0n) is 16.1. The lowest BCUT2D eigenvalue weighted by Crippen LogP contribution is -2.26. The van der Waals surface area contributed by atoms with Gasteiger partial charge in [0.05, 0.1) is 0 Å². The van der Waals surface area contributed by atoms with Crippen molar-refractivity contribution in [3.05, 3.63) is 57.1 Å². The van der Waals surface area contributed by atoms with Gasteiger partial charge in [-0.1, -0.05) is 34.1 Å². The molecule has 3 aromatic rings. The summed E-state index contributed by atoms with van der Waals surface area (Å²) in [6.07, 6.45) is -4.09. The highest BCUT2D eigenvalue weighted by Gasteiger charge is 2.37. The van der Waals surface area contributed by atoms with Gasteiger partial charge in [-0.05, 0) is 37.5 Å². The molecule has 0 fully saturated rings. The van der Waals surface area contributed by atoms with Gasteiger partial charge in [-0.3, -0.25) is 4.79 Å². The minimum absolute atomic E-state index is 0.0748. The maximum atomic E-state index is 12.9. The van der Waals surface area contributed by atoms with Gasteiger partial charge in [0.25, 0.3) is 11.6 Å². The molecule has 0 aliphatic rings. The Kier molecular flexibility index (Phi) is 5.92. The van der Waals surface area contributed by atoms with Crippen molar-refractivity contribution in [3.8, 4) is 0 Å². The number of rotatable bonds is 5. The van der Waals surface area contributed by atoms with Crippen LogP contribution in [0.15, 0.2) is 28.7 Å². The summed E-state index contributed by atoms with van der Waals surface area (Å²) in [5.74, 6) is -1.41. The minimum Gasteiger partial charge on any atom is -0.341 e. The number of halogens is 4. The van der Waals surface area contributed by atoms with E-state index in [1.54, 1.807) is 25.8 Å². The molecular formula is C19H19BrF3N5O. The highest BCUT2D eigenvalue weighted by Crippen LogP contribution is 2.27. The molecule has 2 heterocycles. The summed E-state index contributed by atoms with van der Waals surface area (Å²) < 4.78 is 40.7. The maximum Gasteiger partial charge on any atom is 0.453 e.